The summed E-state index contributed by atoms with van der Waals surface area (Å²) in [5, 5.41) is 9.27. The maximum Gasteiger partial charge on any atom is 0.222 e. The van der Waals surface area contributed by atoms with Crippen LogP contribution in [-0.2, 0) is 0 Å². The van der Waals surface area contributed by atoms with Crippen molar-refractivity contribution in [3.8, 4) is 34.2 Å². The van der Waals surface area contributed by atoms with E-state index in [-0.39, 0.29) is 23.1 Å². The van der Waals surface area contributed by atoms with Gasteiger partial charge in [-0.25, -0.2) is 9.37 Å². The molecule has 6 nitrogen and oxygen atoms in total. The Morgan fingerprint density at radius 3 is 2.36 bits per heavy atom. The van der Waals surface area contributed by atoms with Gasteiger partial charge in [-0.1, -0.05) is 24.3 Å². The van der Waals surface area contributed by atoms with Crippen LogP contribution < -0.4 is 16.2 Å². The van der Waals surface area contributed by atoms with E-state index >= 15 is 0 Å². The number of nitrogens with two attached hydrogens (primary N) is 2. The molecule has 0 amide bonds. The predicted molar refractivity (Wildman–Crippen MR) is 93.0 cm³/mol. The number of nitrogen functional groups attached to an aromatic ring is 2. The average Bonchev–Trinajstić information content (AvgIpc) is 2.61. The van der Waals surface area contributed by atoms with Gasteiger partial charge in [-0.2, -0.15) is 10.2 Å². The molecule has 25 heavy (non-hydrogen) atoms. The number of rotatable bonds is 3. The van der Waals surface area contributed by atoms with Crippen LogP contribution in [0.4, 0.5) is 16.2 Å². The summed E-state index contributed by atoms with van der Waals surface area (Å²) in [5.74, 6) is 0.216. The number of aromatic nitrogens is 2. The predicted octanol–water partition coefficient (Wildman–Crippen LogP) is 2.99. The highest BCUT2D eigenvalue weighted by molar-refractivity contribution is 5.77. The number of benzene rings is 2. The van der Waals surface area contributed by atoms with Crippen molar-refractivity contribution in [1.82, 2.24) is 9.97 Å². The Labute approximate surface area is 143 Å². The van der Waals surface area contributed by atoms with E-state index in [0.29, 0.717) is 22.6 Å². The molecule has 0 spiro atoms. The molecule has 4 N–H and O–H groups in total. The minimum Gasteiger partial charge on any atom is -0.496 e. The Morgan fingerprint density at radius 2 is 1.72 bits per heavy atom. The fourth-order valence-electron chi connectivity index (χ4n) is 2.53. The highest BCUT2D eigenvalue weighted by Crippen LogP contribution is 2.33. The van der Waals surface area contributed by atoms with Crippen LogP contribution in [-0.4, -0.2) is 17.1 Å². The van der Waals surface area contributed by atoms with Crippen molar-refractivity contribution < 1.29 is 9.13 Å². The van der Waals surface area contributed by atoms with Gasteiger partial charge in [0.1, 0.15) is 29.0 Å². The molecule has 0 fully saturated rings. The summed E-state index contributed by atoms with van der Waals surface area (Å²) in [6.07, 6.45) is 0. The standard InChI is InChI=1S/C18H14FN5O/c1-25-15-7-6-12(19)8-13(15)10-2-4-11(5-3-10)16-14(9-20)17(21)24-18(22)23-16/h2-8H,1H3,(H4,21,22,23,24). The van der Waals surface area contributed by atoms with Gasteiger partial charge in [0.2, 0.25) is 5.95 Å². The molecule has 3 aromatic rings. The van der Waals surface area contributed by atoms with E-state index in [4.69, 9.17) is 16.2 Å². The number of anilines is 2. The van der Waals surface area contributed by atoms with Crippen LogP contribution in [0.5, 0.6) is 5.75 Å². The number of methoxy groups -OCH3 is 1. The molecule has 0 saturated heterocycles. The van der Waals surface area contributed by atoms with Gasteiger partial charge in [-0.05, 0) is 23.8 Å². The largest absolute Gasteiger partial charge is 0.496 e. The van der Waals surface area contributed by atoms with Crippen molar-refractivity contribution in [2.24, 2.45) is 0 Å². The second-order valence-electron chi connectivity index (χ2n) is 5.22. The molecule has 0 radical (unpaired) electrons. The van der Waals surface area contributed by atoms with Crippen LogP contribution in [0.15, 0.2) is 42.5 Å². The lowest BCUT2D eigenvalue weighted by Gasteiger charge is -2.10. The van der Waals surface area contributed by atoms with Crippen molar-refractivity contribution in [3.63, 3.8) is 0 Å². The Hall–Kier alpha value is -3.66. The van der Waals surface area contributed by atoms with E-state index in [1.54, 1.807) is 30.3 Å². The smallest absolute Gasteiger partial charge is 0.222 e. The molecule has 3 rings (SSSR count). The fraction of sp³-hybridized carbons (Fsp3) is 0.0556. The number of hydrogen-bond acceptors (Lipinski definition) is 6. The summed E-state index contributed by atoms with van der Waals surface area (Å²) in [6, 6.07) is 13.4. The van der Waals surface area contributed by atoms with Crippen LogP contribution >= 0.6 is 0 Å². The lowest BCUT2D eigenvalue weighted by Crippen LogP contribution is -2.04. The molecule has 2 aromatic carbocycles. The summed E-state index contributed by atoms with van der Waals surface area (Å²) in [4.78, 5) is 7.90. The summed E-state index contributed by atoms with van der Waals surface area (Å²) >= 11 is 0. The van der Waals surface area contributed by atoms with Gasteiger partial charge in [0.05, 0.1) is 12.8 Å². The second-order valence-corrected chi connectivity index (χ2v) is 5.22. The number of nitrogens with zero attached hydrogens (tertiary/aromatic N) is 3. The van der Waals surface area contributed by atoms with Gasteiger partial charge in [0, 0.05) is 11.1 Å². The molecule has 1 heterocycles. The zero-order valence-corrected chi connectivity index (χ0v) is 13.3. The second kappa shape index (κ2) is 6.45. The highest BCUT2D eigenvalue weighted by atomic mass is 19.1. The van der Waals surface area contributed by atoms with Crippen molar-refractivity contribution in [3.05, 3.63) is 53.8 Å². The lowest BCUT2D eigenvalue weighted by molar-refractivity contribution is 0.415. The first-order valence-electron chi connectivity index (χ1n) is 7.31. The molecule has 0 bridgehead atoms. The number of halogens is 1. The van der Waals surface area contributed by atoms with E-state index in [9.17, 15) is 9.65 Å². The maximum absolute atomic E-state index is 13.6. The maximum atomic E-state index is 13.6. The third-order valence-electron chi connectivity index (χ3n) is 3.70. The first kappa shape index (κ1) is 16.2. The summed E-state index contributed by atoms with van der Waals surface area (Å²) in [6.45, 7) is 0. The third kappa shape index (κ3) is 3.05. The molecule has 0 unspecified atom stereocenters. The SMILES string of the molecule is COc1ccc(F)cc1-c1ccc(-c2nc(N)nc(N)c2C#N)cc1. The number of hydrogen-bond donors (Lipinski definition) is 2. The molecule has 124 valence electrons. The third-order valence-corrected chi connectivity index (χ3v) is 3.70. The zero-order chi connectivity index (χ0) is 18.0. The Balaban J connectivity index is 2.08. The molecule has 0 atom stereocenters. The van der Waals surface area contributed by atoms with Gasteiger partial charge in [0.15, 0.2) is 0 Å². The minimum atomic E-state index is -0.358. The molecular formula is C18H14FN5O. The van der Waals surface area contributed by atoms with E-state index in [1.807, 2.05) is 6.07 Å². The quantitative estimate of drug-likeness (QED) is 0.761. The molecule has 0 aliphatic carbocycles. The number of nitriles is 1. The van der Waals surface area contributed by atoms with Crippen LogP contribution in [0, 0.1) is 17.1 Å². The van der Waals surface area contributed by atoms with E-state index in [2.05, 4.69) is 9.97 Å². The molecule has 1 aromatic heterocycles. The Kier molecular flexibility index (Phi) is 4.18. The minimum absolute atomic E-state index is 0.0117. The first-order valence-corrected chi connectivity index (χ1v) is 7.31. The van der Waals surface area contributed by atoms with Gasteiger partial charge in [0.25, 0.3) is 0 Å². The summed E-state index contributed by atoms with van der Waals surface area (Å²) in [5.41, 5.74) is 13.9. The summed E-state index contributed by atoms with van der Waals surface area (Å²) in [7, 11) is 1.52. The van der Waals surface area contributed by atoms with Gasteiger partial charge in [-0.3, -0.25) is 0 Å². The summed E-state index contributed by atoms with van der Waals surface area (Å²) < 4.78 is 18.8. The van der Waals surface area contributed by atoms with Crippen molar-refractivity contribution >= 4 is 11.8 Å². The van der Waals surface area contributed by atoms with Crippen LogP contribution in [0.25, 0.3) is 22.4 Å². The van der Waals surface area contributed by atoms with E-state index < -0.39 is 0 Å². The Morgan fingerprint density at radius 1 is 1.04 bits per heavy atom. The monoisotopic (exact) mass is 335 g/mol. The van der Waals surface area contributed by atoms with Crippen LogP contribution in [0.2, 0.25) is 0 Å². The van der Waals surface area contributed by atoms with Gasteiger partial charge in [-0.15, -0.1) is 0 Å². The van der Waals surface area contributed by atoms with E-state index in [0.717, 1.165) is 5.56 Å². The van der Waals surface area contributed by atoms with Gasteiger partial charge >= 0.3 is 0 Å². The van der Waals surface area contributed by atoms with Crippen molar-refractivity contribution in [2.75, 3.05) is 18.6 Å². The normalized spacial score (nSPS) is 10.3. The number of ether oxygens (including phenoxy) is 1. The molecule has 0 saturated carbocycles. The van der Waals surface area contributed by atoms with Crippen molar-refractivity contribution in [1.29, 1.82) is 5.26 Å². The average molecular weight is 335 g/mol. The van der Waals surface area contributed by atoms with Crippen molar-refractivity contribution in [2.45, 2.75) is 0 Å². The van der Waals surface area contributed by atoms with Gasteiger partial charge < -0.3 is 16.2 Å². The molecular weight excluding hydrogens is 321 g/mol. The Bertz CT molecular complexity index is 980. The fourth-order valence-corrected chi connectivity index (χ4v) is 2.53. The first-order chi connectivity index (χ1) is 12.0. The lowest BCUT2D eigenvalue weighted by atomic mass is 10.0. The molecule has 0 aliphatic heterocycles. The molecule has 0 aliphatic rings. The molecule has 7 heteroatoms. The van der Waals surface area contributed by atoms with Crippen LogP contribution in [0.1, 0.15) is 5.56 Å². The highest BCUT2D eigenvalue weighted by Gasteiger charge is 2.14. The zero-order valence-electron chi connectivity index (χ0n) is 13.3. The van der Waals surface area contributed by atoms with Crippen LogP contribution in [0.3, 0.4) is 0 Å². The van der Waals surface area contributed by atoms with E-state index in [1.165, 1.54) is 19.2 Å². The topological polar surface area (TPSA) is 111 Å².